The lowest BCUT2D eigenvalue weighted by Gasteiger charge is -2.41. The number of carboxylic acid groups (broad SMARTS) is 1. The number of methoxy groups -OCH3 is 1. The highest BCUT2D eigenvalue weighted by atomic mass is 16.5. The summed E-state index contributed by atoms with van der Waals surface area (Å²) in [7, 11) is 1.55. The maximum Gasteiger partial charge on any atom is 0.305 e. The predicted molar refractivity (Wildman–Crippen MR) is 58.1 cm³/mol. The molecule has 2 N–H and O–H groups in total. The Kier molecular flexibility index (Phi) is 4.29. The third-order valence-electron chi connectivity index (χ3n) is 3.08. The number of nitrogens with one attached hydrogen (secondary N) is 1. The van der Waals surface area contributed by atoms with E-state index in [1.165, 1.54) is 0 Å². The summed E-state index contributed by atoms with van der Waals surface area (Å²) in [5.41, 5.74) is -0.504. The van der Waals surface area contributed by atoms with Gasteiger partial charge in [0.25, 0.3) is 0 Å². The Labute approximate surface area is 95.2 Å². The molecule has 0 aromatic rings. The van der Waals surface area contributed by atoms with Crippen molar-refractivity contribution in [2.75, 3.05) is 7.11 Å². The summed E-state index contributed by atoms with van der Waals surface area (Å²) < 4.78 is 4.99. The van der Waals surface area contributed by atoms with Crippen LogP contribution in [0.2, 0.25) is 0 Å². The number of ether oxygens (including phenoxy) is 1. The first-order valence-electron chi connectivity index (χ1n) is 5.53. The molecule has 0 aromatic carbocycles. The van der Waals surface area contributed by atoms with Gasteiger partial charge in [0, 0.05) is 7.11 Å². The lowest BCUT2D eigenvalue weighted by atomic mass is 9.74. The Morgan fingerprint density at radius 2 is 2.12 bits per heavy atom. The minimum atomic E-state index is -0.861. The molecule has 0 bridgehead atoms. The second kappa shape index (κ2) is 5.30. The molecule has 1 aliphatic rings. The number of amides is 1. The van der Waals surface area contributed by atoms with Gasteiger partial charge in [-0.1, -0.05) is 0 Å². The van der Waals surface area contributed by atoms with Crippen LogP contribution in [0.4, 0.5) is 0 Å². The third-order valence-corrected chi connectivity index (χ3v) is 3.08. The number of carbonyl (C=O) groups excluding carboxylic acids is 1. The third kappa shape index (κ3) is 3.48. The highest BCUT2D eigenvalue weighted by molar-refractivity contribution is 5.79. The van der Waals surface area contributed by atoms with Crippen LogP contribution in [0.5, 0.6) is 0 Å². The van der Waals surface area contributed by atoms with Gasteiger partial charge < -0.3 is 15.2 Å². The molecule has 0 heterocycles. The van der Waals surface area contributed by atoms with Crippen molar-refractivity contribution in [3.63, 3.8) is 0 Å². The number of rotatable bonds is 6. The summed E-state index contributed by atoms with van der Waals surface area (Å²) in [6, 6.07) is 0. The van der Waals surface area contributed by atoms with Crippen molar-refractivity contribution in [1.82, 2.24) is 5.32 Å². The zero-order valence-corrected chi connectivity index (χ0v) is 9.78. The minimum absolute atomic E-state index is 0.0140. The standard InChI is InChI=1S/C11H19NO4/c1-8(16-2)6-9(13)12-11(4-3-5-11)7-10(14)15/h8H,3-7H2,1-2H3,(H,12,13)(H,14,15). The van der Waals surface area contributed by atoms with E-state index in [1.807, 2.05) is 6.92 Å². The Morgan fingerprint density at radius 1 is 1.50 bits per heavy atom. The summed E-state index contributed by atoms with van der Waals surface area (Å²) in [5, 5.41) is 11.6. The van der Waals surface area contributed by atoms with Gasteiger partial charge in [0.1, 0.15) is 0 Å². The average molecular weight is 229 g/mol. The van der Waals surface area contributed by atoms with Crippen LogP contribution in [0.25, 0.3) is 0 Å². The Morgan fingerprint density at radius 3 is 2.50 bits per heavy atom. The maximum atomic E-state index is 11.6. The van der Waals surface area contributed by atoms with Gasteiger partial charge in [0.15, 0.2) is 0 Å². The normalized spacial score (nSPS) is 19.6. The lowest BCUT2D eigenvalue weighted by Crippen LogP contribution is -2.55. The second-order valence-corrected chi connectivity index (χ2v) is 4.50. The van der Waals surface area contributed by atoms with E-state index in [1.54, 1.807) is 7.11 Å². The molecular weight excluding hydrogens is 210 g/mol. The molecule has 0 spiro atoms. The number of aliphatic carboxylic acids is 1. The first-order chi connectivity index (χ1) is 7.47. The minimum Gasteiger partial charge on any atom is -0.481 e. The fourth-order valence-corrected chi connectivity index (χ4v) is 1.93. The topological polar surface area (TPSA) is 75.6 Å². The molecule has 1 saturated carbocycles. The SMILES string of the molecule is COC(C)CC(=O)NC1(CC(=O)O)CCC1. The van der Waals surface area contributed by atoms with Gasteiger partial charge in [0.2, 0.25) is 5.91 Å². The van der Waals surface area contributed by atoms with Crippen molar-refractivity contribution in [3.05, 3.63) is 0 Å². The van der Waals surface area contributed by atoms with Crippen molar-refractivity contribution in [3.8, 4) is 0 Å². The molecule has 1 amide bonds. The molecule has 1 rings (SSSR count). The lowest BCUT2D eigenvalue weighted by molar-refractivity contribution is -0.140. The molecule has 92 valence electrons. The van der Waals surface area contributed by atoms with Crippen molar-refractivity contribution in [1.29, 1.82) is 0 Å². The molecule has 1 aliphatic carbocycles. The van der Waals surface area contributed by atoms with Gasteiger partial charge in [-0.2, -0.15) is 0 Å². The molecule has 0 saturated heterocycles. The Hall–Kier alpha value is -1.10. The first-order valence-corrected chi connectivity index (χ1v) is 5.53. The van der Waals surface area contributed by atoms with Crippen LogP contribution in [0, 0.1) is 0 Å². The van der Waals surface area contributed by atoms with E-state index in [0.717, 1.165) is 19.3 Å². The van der Waals surface area contributed by atoms with Gasteiger partial charge in [-0.25, -0.2) is 0 Å². The van der Waals surface area contributed by atoms with Gasteiger partial charge in [-0.3, -0.25) is 9.59 Å². The fourth-order valence-electron chi connectivity index (χ4n) is 1.93. The smallest absolute Gasteiger partial charge is 0.305 e. The van der Waals surface area contributed by atoms with E-state index >= 15 is 0 Å². The van der Waals surface area contributed by atoms with Crippen molar-refractivity contribution >= 4 is 11.9 Å². The van der Waals surface area contributed by atoms with Gasteiger partial charge >= 0.3 is 5.97 Å². The summed E-state index contributed by atoms with van der Waals surface area (Å²) in [5.74, 6) is -0.991. The van der Waals surface area contributed by atoms with Crippen LogP contribution in [0.15, 0.2) is 0 Å². The monoisotopic (exact) mass is 229 g/mol. The zero-order chi connectivity index (χ0) is 12.2. The molecule has 0 radical (unpaired) electrons. The van der Waals surface area contributed by atoms with E-state index in [2.05, 4.69) is 5.32 Å². The summed E-state index contributed by atoms with van der Waals surface area (Å²) in [6.45, 7) is 1.81. The molecule has 1 fully saturated rings. The second-order valence-electron chi connectivity index (χ2n) is 4.50. The van der Waals surface area contributed by atoms with E-state index in [9.17, 15) is 9.59 Å². The summed E-state index contributed by atoms with van der Waals surface area (Å²) in [6.07, 6.45) is 2.64. The maximum absolute atomic E-state index is 11.6. The molecule has 1 atom stereocenters. The largest absolute Gasteiger partial charge is 0.481 e. The van der Waals surface area contributed by atoms with Crippen LogP contribution in [-0.2, 0) is 14.3 Å². The average Bonchev–Trinajstić information content (AvgIpc) is 2.13. The van der Waals surface area contributed by atoms with Gasteiger partial charge in [-0.15, -0.1) is 0 Å². The fraction of sp³-hybridized carbons (Fsp3) is 0.818. The van der Waals surface area contributed by atoms with E-state index in [-0.39, 0.29) is 24.9 Å². The summed E-state index contributed by atoms with van der Waals surface area (Å²) >= 11 is 0. The van der Waals surface area contributed by atoms with Gasteiger partial charge in [0.05, 0.1) is 24.5 Å². The number of hydrogen-bond donors (Lipinski definition) is 2. The molecule has 0 aliphatic heterocycles. The highest BCUT2D eigenvalue weighted by Gasteiger charge is 2.40. The van der Waals surface area contributed by atoms with Crippen LogP contribution >= 0.6 is 0 Å². The first kappa shape index (κ1) is 13.0. The van der Waals surface area contributed by atoms with E-state index in [0.29, 0.717) is 0 Å². The molecular formula is C11H19NO4. The Balaban J connectivity index is 2.44. The van der Waals surface area contributed by atoms with E-state index in [4.69, 9.17) is 9.84 Å². The number of carboxylic acids is 1. The van der Waals surface area contributed by atoms with Crippen LogP contribution in [0.3, 0.4) is 0 Å². The van der Waals surface area contributed by atoms with E-state index < -0.39 is 11.5 Å². The van der Waals surface area contributed by atoms with Crippen LogP contribution in [-0.4, -0.2) is 35.7 Å². The molecule has 1 unspecified atom stereocenters. The molecule has 5 heteroatoms. The van der Waals surface area contributed by atoms with Crippen molar-refractivity contribution in [2.24, 2.45) is 0 Å². The van der Waals surface area contributed by atoms with Crippen molar-refractivity contribution < 1.29 is 19.4 Å². The highest BCUT2D eigenvalue weighted by Crippen LogP contribution is 2.35. The molecule has 0 aromatic heterocycles. The zero-order valence-electron chi connectivity index (χ0n) is 9.78. The summed E-state index contributed by atoms with van der Waals surface area (Å²) in [4.78, 5) is 22.3. The molecule has 5 nitrogen and oxygen atoms in total. The number of carbonyl (C=O) groups is 2. The molecule has 16 heavy (non-hydrogen) atoms. The Bertz CT molecular complexity index is 273. The van der Waals surface area contributed by atoms with Crippen molar-refractivity contribution in [2.45, 2.75) is 50.7 Å². The van der Waals surface area contributed by atoms with Gasteiger partial charge in [-0.05, 0) is 26.2 Å². The number of hydrogen-bond acceptors (Lipinski definition) is 3. The van der Waals surface area contributed by atoms with Crippen LogP contribution in [0.1, 0.15) is 39.0 Å². The quantitative estimate of drug-likeness (QED) is 0.710. The van der Waals surface area contributed by atoms with Crippen LogP contribution < -0.4 is 5.32 Å². The predicted octanol–water partition coefficient (Wildman–Crippen LogP) is 0.925.